The number of carbonyl (C=O) groups excluding carboxylic acids is 1. The number of amides is 1. The molecule has 0 saturated heterocycles. The zero-order valence-electron chi connectivity index (χ0n) is 12.8. The van der Waals surface area contributed by atoms with Gasteiger partial charge in [-0.25, -0.2) is 0 Å². The maximum atomic E-state index is 12.3. The van der Waals surface area contributed by atoms with Crippen LogP contribution in [0.2, 0.25) is 0 Å². The van der Waals surface area contributed by atoms with Crippen LogP contribution in [0.25, 0.3) is 0 Å². The molecule has 2 N–H and O–H groups in total. The molecule has 1 rings (SSSR count). The summed E-state index contributed by atoms with van der Waals surface area (Å²) in [6.45, 7) is 1.61. The van der Waals surface area contributed by atoms with Crippen LogP contribution in [-0.2, 0) is 9.59 Å². The lowest BCUT2D eigenvalue weighted by molar-refractivity contribution is -0.142. The topological polar surface area (TPSA) is 69.6 Å². The van der Waals surface area contributed by atoms with Crippen molar-refractivity contribution in [2.75, 3.05) is 27.2 Å². The Balaban J connectivity index is 2.55. The first-order valence-electron chi connectivity index (χ1n) is 7.59. The standard InChI is InChI=1S/C15H28N2O3/c1-16-9-6-10-17(2)13(18)11-15(12-14(19)20)7-4-3-5-8-15/h16H,3-12H2,1-2H3,(H,19,20). The van der Waals surface area contributed by atoms with Crippen LogP contribution >= 0.6 is 0 Å². The van der Waals surface area contributed by atoms with Gasteiger partial charge in [-0.3, -0.25) is 9.59 Å². The predicted octanol–water partition coefficient (Wildman–Crippen LogP) is 1.87. The molecular weight excluding hydrogens is 256 g/mol. The second-order valence-electron chi connectivity index (χ2n) is 6.08. The Morgan fingerprint density at radius 3 is 2.40 bits per heavy atom. The van der Waals surface area contributed by atoms with Crippen LogP contribution in [0.1, 0.15) is 51.4 Å². The number of carbonyl (C=O) groups is 2. The Morgan fingerprint density at radius 1 is 1.20 bits per heavy atom. The first-order valence-corrected chi connectivity index (χ1v) is 7.59. The monoisotopic (exact) mass is 284 g/mol. The summed E-state index contributed by atoms with van der Waals surface area (Å²) >= 11 is 0. The normalized spacial score (nSPS) is 17.7. The summed E-state index contributed by atoms with van der Waals surface area (Å²) in [7, 11) is 3.71. The van der Waals surface area contributed by atoms with Crippen molar-refractivity contribution in [2.24, 2.45) is 5.41 Å². The van der Waals surface area contributed by atoms with Gasteiger partial charge in [0.2, 0.25) is 5.91 Å². The molecule has 0 bridgehead atoms. The lowest BCUT2D eigenvalue weighted by Crippen LogP contribution is -2.37. The highest BCUT2D eigenvalue weighted by Gasteiger charge is 2.37. The number of carboxylic acids is 1. The van der Waals surface area contributed by atoms with E-state index in [0.717, 1.165) is 51.6 Å². The molecule has 0 radical (unpaired) electrons. The molecule has 1 aliphatic rings. The van der Waals surface area contributed by atoms with Gasteiger partial charge in [-0.05, 0) is 38.3 Å². The first-order chi connectivity index (χ1) is 9.49. The van der Waals surface area contributed by atoms with Crippen molar-refractivity contribution in [3.63, 3.8) is 0 Å². The molecule has 0 aromatic carbocycles. The molecule has 1 fully saturated rings. The Hall–Kier alpha value is -1.10. The van der Waals surface area contributed by atoms with Crippen LogP contribution < -0.4 is 5.32 Å². The van der Waals surface area contributed by atoms with Gasteiger partial charge in [0.15, 0.2) is 0 Å². The van der Waals surface area contributed by atoms with Crippen molar-refractivity contribution in [3.05, 3.63) is 0 Å². The van der Waals surface area contributed by atoms with E-state index in [2.05, 4.69) is 5.32 Å². The van der Waals surface area contributed by atoms with Gasteiger partial charge in [0, 0.05) is 20.0 Å². The van der Waals surface area contributed by atoms with E-state index in [4.69, 9.17) is 5.11 Å². The highest BCUT2D eigenvalue weighted by Crippen LogP contribution is 2.42. The third-order valence-electron chi connectivity index (χ3n) is 4.31. The minimum Gasteiger partial charge on any atom is -0.481 e. The molecule has 0 heterocycles. The second-order valence-corrected chi connectivity index (χ2v) is 6.08. The Morgan fingerprint density at radius 2 is 1.85 bits per heavy atom. The molecule has 5 heteroatoms. The maximum Gasteiger partial charge on any atom is 0.303 e. The summed E-state index contributed by atoms with van der Waals surface area (Å²) < 4.78 is 0. The quantitative estimate of drug-likeness (QED) is 0.668. The SMILES string of the molecule is CNCCCN(C)C(=O)CC1(CC(=O)O)CCCCC1. The van der Waals surface area contributed by atoms with Gasteiger partial charge in [0.05, 0.1) is 6.42 Å². The molecule has 0 unspecified atom stereocenters. The summed E-state index contributed by atoms with van der Waals surface area (Å²) in [6, 6.07) is 0. The molecule has 1 amide bonds. The lowest BCUT2D eigenvalue weighted by atomic mass is 9.69. The molecule has 5 nitrogen and oxygen atoms in total. The van der Waals surface area contributed by atoms with Crippen LogP contribution in [0.4, 0.5) is 0 Å². The van der Waals surface area contributed by atoms with Gasteiger partial charge >= 0.3 is 5.97 Å². The van der Waals surface area contributed by atoms with Crippen LogP contribution in [0.3, 0.4) is 0 Å². The first kappa shape index (κ1) is 17.0. The summed E-state index contributed by atoms with van der Waals surface area (Å²) in [4.78, 5) is 25.2. The largest absolute Gasteiger partial charge is 0.481 e. The molecule has 1 aliphatic carbocycles. The predicted molar refractivity (Wildman–Crippen MR) is 78.6 cm³/mol. The number of hydrogen-bond acceptors (Lipinski definition) is 3. The Labute approximate surface area is 121 Å². The minimum atomic E-state index is -0.780. The van der Waals surface area contributed by atoms with E-state index in [1.165, 1.54) is 0 Å². The number of hydrogen-bond donors (Lipinski definition) is 2. The molecule has 20 heavy (non-hydrogen) atoms. The van der Waals surface area contributed by atoms with Crippen molar-refractivity contribution in [1.29, 1.82) is 0 Å². The summed E-state index contributed by atoms with van der Waals surface area (Å²) in [5.41, 5.74) is -0.307. The van der Waals surface area contributed by atoms with Gasteiger partial charge in [-0.2, -0.15) is 0 Å². The summed E-state index contributed by atoms with van der Waals surface area (Å²) in [5, 5.41) is 12.2. The van der Waals surface area contributed by atoms with E-state index in [1.54, 1.807) is 4.90 Å². The van der Waals surface area contributed by atoms with Crippen molar-refractivity contribution >= 4 is 11.9 Å². The second kappa shape index (κ2) is 8.25. The van der Waals surface area contributed by atoms with Crippen LogP contribution in [-0.4, -0.2) is 49.1 Å². The van der Waals surface area contributed by atoms with Gasteiger partial charge in [-0.15, -0.1) is 0 Å². The van der Waals surface area contributed by atoms with E-state index >= 15 is 0 Å². The third kappa shape index (κ3) is 5.49. The van der Waals surface area contributed by atoms with E-state index in [0.29, 0.717) is 6.42 Å². The number of nitrogens with one attached hydrogen (secondary N) is 1. The van der Waals surface area contributed by atoms with Crippen molar-refractivity contribution in [1.82, 2.24) is 10.2 Å². The fourth-order valence-corrected chi connectivity index (χ4v) is 3.11. The molecule has 116 valence electrons. The fourth-order valence-electron chi connectivity index (χ4n) is 3.11. The summed E-state index contributed by atoms with van der Waals surface area (Å²) in [5.74, 6) is -0.693. The van der Waals surface area contributed by atoms with E-state index in [9.17, 15) is 9.59 Å². The Kier molecular flexibility index (Phi) is 6.99. The molecule has 0 spiro atoms. The average molecular weight is 284 g/mol. The van der Waals surface area contributed by atoms with Crippen molar-refractivity contribution in [2.45, 2.75) is 51.4 Å². The molecule has 1 saturated carbocycles. The smallest absolute Gasteiger partial charge is 0.303 e. The maximum absolute atomic E-state index is 12.3. The van der Waals surface area contributed by atoms with Gasteiger partial charge in [0.25, 0.3) is 0 Å². The Bertz CT molecular complexity index is 325. The number of carboxylic acid groups (broad SMARTS) is 1. The van der Waals surface area contributed by atoms with Gasteiger partial charge in [-0.1, -0.05) is 19.3 Å². The highest BCUT2D eigenvalue weighted by atomic mass is 16.4. The number of rotatable bonds is 8. The number of nitrogens with zero attached hydrogens (tertiary/aromatic N) is 1. The molecule has 0 aromatic heterocycles. The molecular formula is C15H28N2O3. The highest BCUT2D eigenvalue weighted by molar-refractivity contribution is 5.78. The number of aliphatic carboxylic acids is 1. The third-order valence-corrected chi connectivity index (χ3v) is 4.31. The van der Waals surface area contributed by atoms with Crippen LogP contribution in [0.15, 0.2) is 0 Å². The van der Waals surface area contributed by atoms with Crippen molar-refractivity contribution < 1.29 is 14.7 Å². The van der Waals surface area contributed by atoms with E-state index in [-0.39, 0.29) is 17.7 Å². The van der Waals surface area contributed by atoms with E-state index < -0.39 is 5.97 Å². The van der Waals surface area contributed by atoms with Crippen molar-refractivity contribution in [3.8, 4) is 0 Å². The van der Waals surface area contributed by atoms with Gasteiger partial charge in [0.1, 0.15) is 0 Å². The minimum absolute atomic E-state index is 0.0873. The average Bonchev–Trinajstić information content (AvgIpc) is 2.38. The molecule has 0 atom stereocenters. The van der Waals surface area contributed by atoms with E-state index in [1.807, 2.05) is 14.1 Å². The zero-order valence-corrected chi connectivity index (χ0v) is 12.8. The lowest BCUT2D eigenvalue weighted by Gasteiger charge is -2.36. The summed E-state index contributed by atoms with van der Waals surface area (Å²) in [6.07, 6.45) is 6.43. The molecule has 0 aliphatic heterocycles. The van der Waals surface area contributed by atoms with Gasteiger partial charge < -0.3 is 15.3 Å². The molecule has 0 aromatic rings. The zero-order chi connectivity index (χ0) is 15.0. The van der Waals surface area contributed by atoms with Crippen LogP contribution in [0, 0.1) is 5.41 Å². The van der Waals surface area contributed by atoms with Crippen LogP contribution in [0.5, 0.6) is 0 Å². The fraction of sp³-hybridized carbons (Fsp3) is 0.867.